The molecule has 20 heteroatoms. The van der Waals surface area contributed by atoms with Crippen LogP contribution in [0.25, 0.3) is 0 Å². The van der Waals surface area contributed by atoms with Crippen LogP contribution in [0.3, 0.4) is 0 Å². The predicted octanol–water partition coefficient (Wildman–Crippen LogP) is -2.24. The van der Waals surface area contributed by atoms with E-state index in [1.807, 2.05) is 0 Å². The number of hydrogen-bond acceptors (Lipinski definition) is 11. The topological polar surface area (TPSA) is 337 Å². The Labute approximate surface area is 318 Å². The summed E-state index contributed by atoms with van der Waals surface area (Å²) in [5.41, 5.74) is 22.4. The first kappa shape index (κ1) is 46.9. The predicted molar refractivity (Wildman–Crippen MR) is 203 cm³/mol. The number of phenols is 1. The van der Waals surface area contributed by atoms with E-state index < -0.39 is 95.9 Å². The molecular weight excluding hydrogens is 725 g/mol. The number of thioether (sulfide) groups is 1. The largest absolute Gasteiger partial charge is 0.508 e. The lowest BCUT2D eigenvalue weighted by Crippen LogP contribution is -2.61. The highest BCUT2D eigenvalue weighted by Crippen LogP contribution is 2.14. The number of phenolic OH excluding ortho intramolecular Hbond substituents is 1. The lowest BCUT2D eigenvalue weighted by molar-refractivity contribution is -0.142. The molecule has 302 valence electrons. The van der Waals surface area contributed by atoms with Gasteiger partial charge in [-0.3, -0.25) is 33.8 Å². The van der Waals surface area contributed by atoms with E-state index in [2.05, 4.69) is 31.6 Å². The first-order valence-corrected chi connectivity index (χ1v) is 18.8. The number of carbonyl (C=O) groups excluding carboxylic acids is 6. The first-order valence-electron chi connectivity index (χ1n) is 17.4. The van der Waals surface area contributed by atoms with Crippen LogP contribution in [0.5, 0.6) is 5.75 Å². The second-order valence-electron chi connectivity index (χ2n) is 13.4. The van der Waals surface area contributed by atoms with Gasteiger partial charge in [-0.2, -0.15) is 11.8 Å². The van der Waals surface area contributed by atoms with E-state index in [1.54, 1.807) is 34.0 Å². The fraction of sp³-hybridized carbons (Fsp3) is 0.588. The number of carbonyl (C=O) groups is 7. The van der Waals surface area contributed by atoms with Gasteiger partial charge in [0.2, 0.25) is 35.4 Å². The monoisotopic (exact) mass is 780 g/mol. The molecule has 0 heterocycles. The maximum Gasteiger partial charge on any atom is 0.326 e. The number of aromatic hydroxyl groups is 1. The number of nitrogens with two attached hydrogens (primary N) is 4. The number of carboxylic acid groups (broad SMARTS) is 1. The van der Waals surface area contributed by atoms with E-state index in [0.29, 0.717) is 17.7 Å². The number of benzene rings is 1. The Morgan fingerprint density at radius 2 is 1.22 bits per heavy atom. The zero-order chi connectivity index (χ0) is 41.1. The van der Waals surface area contributed by atoms with Crippen molar-refractivity contribution in [1.82, 2.24) is 26.6 Å². The van der Waals surface area contributed by atoms with Crippen LogP contribution in [0.1, 0.15) is 58.9 Å². The Bertz CT molecular complexity index is 1470. The minimum Gasteiger partial charge on any atom is -0.508 e. The average molecular weight is 781 g/mol. The number of carboxylic acids is 1. The quantitative estimate of drug-likeness (QED) is 0.0301. The molecule has 1 rings (SSSR count). The van der Waals surface area contributed by atoms with Gasteiger partial charge in [0.15, 0.2) is 5.96 Å². The van der Waals surface area contributed by atoms with E-state index >= 15 is 0 Å². The Balaban J connectivity index is 3.30. The van der Waals surface area contributed by atoms with E-state index in [1.165, 1.54) is 36.0 Å². The average Bonchev–Trinajstić information content (AvgIpc) is 3.08. The summed E-state index contributed by atoms with van der Waals surface area (Å²) in [5, 5.41) is 32.0. The van der Waals surface area contributed by atoms with Crippen molar-refractivity contribution in [3.63, 3.8) is 0 Å². The lowest BCUT2D eigenvalue weighted by Gasteiger charge is -2.29. The number of aliphatic imine (C=N–C) groups is 1. The van der Waals surface area contributed by atoms with Gasteiger partial charge in [0.05, 0.1) is 12.5 Å². The molecule has 0 radical (unpaired) electrons. The van der Waals surface area contributed by atoms with Crippen LogP contribution in [-0.2, 0) is 40.0 Å². The summed E-state index contributed by atoms with van der Waals surface area (Å²) in [6, 6.07) is -1.85. The molecule has 0 fully saturated rings. The summed E-state index contributed by atoms with van der Waals surface area (Å²) in [7, 11) is 0. The SMILES string of the molecule is CSCC[C@H](NC(=O)[C@@H](NC(=O)[C@@H](NC(=O)[C@H](Cc1ccc(O)cc1)NC(=O)[C@H](CC(N)=O)NC(=O)[C@@H](N)CCCN=C(N)N)C(C)C)C(C)C)C(=O)O. The highest BCUT2D eigenvalue weighted by Gasteiger charge is 2.35. The van der Waals surface area contributed by atoms with Crippen molar-refractivity contribution in [2.24, 2.45) is 39.8 Å². The number of nitrogens with one attached hydrogen (secondary N) is 5. The van der Waals surface area contributed by atoms with Crippen molar-refractivity contribution < 1.29 is 43.8 Å². The van der Waals surface area contributed by atoms with Crippen LogP contribution in [0.4, 0.5) is 0 Å². The third-order valence-corrected chi connectivity index (χ3v) is 8.71. The molecule has 0 aliphatic rings. The fourth-order valence-corrected chi connectivity index (χ4v) is 5.48. The summed E-state index contributed by atoms with van der Waals surface area (Å²) in [4.78, 5) is 94.6. The highest BCUT2D eigenvalue weighted by molar-refractivity contribution is 7.98. The van der Waals surface area contributed by atoms with Crippen molar-refractivity contribution in [3.8, 4) is 5.75 Å². The molecule has 1 aromatic rings. The van der Waals surface area contributed by atoms with Crippen LogP contribution in [0.15, 0.2) is 29.3 Å². The van der Waals surface area contributed by atoms with Gasteiger partial charge in [0.25, 0.3) is 0 Å². The molecule has 0 aromatic heterocycles. The van der Waals surface area contributed by atoms with Crippen LogP contribution in [0, 0.1) is 11.8 Å². The summed E-state index contributed by atoms with van der Waals surface area (Å²) in [5.74, 6) is -6.91. The number of guanidine groups is 1. The van der Waals surface area contributed by atoms with Gasteiger partial charge in [0.1, 0.15) is 36.0 Å². The maximum absolute atomic E-state index is 13.9. The molecule has 0 bridgehead atoms. The number of nitrogens with zero attached hydrogens (tertiary/aromatic N) is 1. The molecule has 0 unspecified atom stereocenters. The Hall–Kier alpha value is -5.11. The zero-order valence-corrected chi connectivity index (χ0v) is 32.1. The summed E-state index contributed by atoms with van der Waals surface area (Å²) in [6.45, 7) is 6.81. The molecule has 6 atom stereocenters. The van der Waals surface area contributed by atoms with Gasteiger partial charge >= 0.3 is 5.97 Å². The fourth-order valence-electron chi connectivity index (χ4n) is 5.01. The molecule has 15 N–H and O–H groups in total. The van der Waals surface area contributed by atoms with Gasteiger partial charge in [-0.1, -0.05) is 39.8 Å². The van der Waals surface area contributed by atoms with Crippen molar-refractivity contribution in [2.45, 2.75) is 96.1 Å². The van der Waals surface area contributed by atoms with Gasteiger partial charge in [-0.15, -0.1) is 0 Å². The molecule has 0 spiro atoms. The van der Waals surface area contributed by atoms with E-state index in [-0.39, 0.29) is 37.5 Å². The molecular formula is C34H56N10O9S. The van der Waals surface area contributed by atoms with Gasteiger partial charge in [-0.05, 0) is 60.8 Å². The standard InChI is InChI=1S/C34H56N10O9S/c1-17(2)26(31(50)40-22(33(52)53)12-14-54-5)44-32(51)27(18(3)4)43-30(49)23(15-19-8-10-20(45)11-9-19)42-29(48)24(16-25(36)46)41-28(47)21(35)7-6-13-39-34(37)38/h8-11,17-18,21-24,26-27,45H,6-7,12-16,35H2,1-5H3,(H2,36,46)(H,40,50)(H,41,47)(H,42,48)(H,43,49)(H,44,51)(H,52,53)(H4,37,38,39)/t21-,22-,23-,24-,26-,27-/m0/s1. The summed E-state index contributed by atoms with van der Waals surface area (Å²) < 4.78 is 0. The van der Waals surface area contributed by atoms with E-state index in [4.69, 9.17) is 22.9 Å². The van der Waals surface area contributed by atoms with Gasteiger partial charge in [0, 0.05) is 13.0 Å². The Kier molecular flexibility index (Phi) is 20.4. The third kappa shape index (κ3) is 17.1. The molecule has 54 heavy (non-hydrogen) atoms. The normalized spacial score (nSPS) is 14.4. The molecule has 6 amide bonds. The Morgan fingerprint density at radius 1 is 0.722 bits per heavy atom. The summed E-state index contributed by atoms with van der Waals surface area (Å²) in [6.07, 6.45) is 1.64. The second kappa shape index (κ2) is 23.5. The smallest absolute Gasteiger partial charge is 0.326 e. The van der Waals surface area contributed by atoms with Crippen LogP contribution in [0.2, 0.25) is 0 Å². The molecule has 0 aliphatic heterocycles. The highest BCUT2D eigenvalue weighted by atomic mass is 32.2. The van der Waals surface area contributed by atoms with E-state index in [0.717, 1.165) is 0 Å². The second-order valence-corrected chi connectivity index (χ2v) is 14.3. The minimum atomic E-state index is -1.53. The van der Waals surface area contributed by atoms with Crippen LogP contribution >= 0.6 is 11.8 Å². The first-order chi connectivity index (χ1) is 25.3. The Morgan fingerprint density at radius 3 is 1.72 bits per heavy atom. The van der Waals surface area contributed by atoms with Crippen LogP contribution < -0.4 is 49.5 Å². The number of primary amides is 1. The van der Waals surface area contributed by atoms with Crippen molar-refractivity contribution in [3.05, 3.63) is 29.8 Å². The van der Waals surface area contributed by atoms with E-state index in [9.17, 15) is 43.8 Å². The third-order valence-electron chi connectivity index (χ3n) is 8.07. The molecule has 1 aromatic carbocycles. The van der Waals surface area contributed by atoms with Crippen molar-refractivity contribution in [1.29, 1.82) is 0 Å². The number of rotatable bonds is 24. The maximum atomic E-state index is 13.9. The molecule has 19 nitrogen and oxygen atoms in total. The van der Waals surface area contributed by atoms with Gasteiger partial charge < -0.3 is 59.7 Å². The molecule has 0 saturated heterocycles. The number of hydrogen-bond donors (Lipinski definition) is 11. The van der Waals surface area contributed by atoms with Crippen LogP contribution in [-0.4, -0.2) is 112 Å². The molecule has 0 aliphatic carbocycles. The molecule has 0 saturated carbocycles. The number of aliphatic carboxylic acids is 1. The minimum absolute atomic E-state index is 0.0538. The number of amides is 6. The van der Waals surface area contributed by atoms with Crippen molar-refractivity contribution in [2.75, 3.05) is 18.6 Å². The van der Waals surface area contributed by atoms with Gasteiger partial charge in [-0.25, -0.2) is 4.79 Å². The lowest BCUT2D eigenvalue weighted by atomic mass is 9.98. The zero-order valence-electron chi connectivity index (χ0n) is 31.3. The summed E-state index contributed by atoms with van der Waals surface area (Å²) >= 11 is 1.41. The van der Waals surface area contributed by atoms with Crippen molar-refractivity contribution >= 4 is 59.1 Å².